The summed E-state index contributed by atoms with van der Waals surface area (Å²) < 4.78 is 7.06. The molecule has 0 bridgehead atoms. The molecule has 30 heavy (non-hydrogen) atoms. The first-order valence-corrected chi connectivity index (χ1v) is 11.1. The van der Waals surface area contributed by atoms with Gasteiger partial charge in [0.15, 0.2) is 5.65 Å². The summed E-state index contributed by atoms with van der Waals surface area (Å²) in [5, 5.41) is 9.46. The SMILES string of the molecule is COc1ccc(-c2nc(CSc3ncnc4c3cnn4-c3ccccc3)cs2)cc1. The van der Waals surface area contributed by atoms with Crippen molar-refractivity contribution in [1.82, 2.24) is 24.7 Å². The van der Waals surface area contributed by atoms with Gasteiger partial charge in [0.05, 0.1) is 30.1 Å². The Kier molecular flexibility index (Phi) is 5.17. The number of aromatic nitrogens is 5. The lowest BCUT2D eigenvalue weighted by Crippen LogP contribution is -1.97. The molecule has 5 rings (SSSR count). The summed E-state index contributed by atoms with van der Waals surface area (Å²) in [4.78, 5) is 13.7. The summed E-state index contributed by atoms with van der Waals surface area (Å²) in [6.07, 6.45) is 3.42. The lowest BCUT2D eigenvalue weighted by Gasteiger charge is -2.03. The van der Waals surface area contributed by atoms with Crippen molar-refractivity contribution in [2.45, 2.75) is 10.8 Å². The average molecular weight is 432 g/mol. The molecule has 0 saturated carbocycles. The number of nitrogens with zero attached hydrogens (tertiary/aromatic N) is 5. The molecule has 0 radical (unpaired) electrons. The van der Waals surface area contributed by atoms with Crippen molar-refractivity contribution < 1.29 is 4.74 Å². The van der Waals surface area contributed by atoms with Crippen molar-refractivity contribution in [3.05, 3.63) is 78.2 Å². The van der Waals surface area contributed by atoms with Crippen LogP contribution in [-0.2, 0) is 5.75 Å². The molecule has 0 fully saturated rings. The minimum atomic E-state index is 0.731. The van der Waals surface area contributed by atoms with Gasteiger partial charge in [-0.2, -0.15) is 5.10 Å². The predicted molar refractivity (Wildman–Crippen MR) is 120 cm³/mol. The van der Waals surface area contributed by atoms with Gasteiger partial charge in [0.1, 0.15) is 22.1 Å². The number of hydrogen-bond donors (Lipinski definition) is 0. The summed E-state index contributed by atoms with van der Waals surface area (Å²) in [6, 6.07) is 17.9. The zero-order chi connectivity index (χ0) is 20.3. The number of thiazole rings is 1. The van der Waals surface area contributed by atoms with Gasteiger partial charge in [0, 0.05) is 16.7 Å². The molecule has 0 spiro atoms. The highest BCUT2D eigenvalue weighted by molar-refractivity contribution is 7.98. The molecule has 0 saturated heterocycles. The molecule has 0 amide bonds. The van der Waals surface area contributed by atoms with Gasteiger partial charge in [-0.15, -0.1) is 11.3 Å². The van der Waals surface area contributed by atoms with Gasteiger partial charge in [0.2, 0.25) is 0 Å². The number of fused-ring (bicyclic) bond motifs is 1. The minimum absolute atomic E-state index is 0.731. The van der Waals surface area contributed by atoms with E-state index in [0.717, 1.165) is 49.5 Å². The van der Waals surface area contributed by atoms with Crippen LogP contribution >= 0.6 is 23.1 Å². The van der Waals surface area contributed by atoms with E-state index in [4.69, 9.17) is 9.72 Å². The van der Waals surface area contributed by atoms with Crippen LogP contribution in [-0.4, -0.2) is 31.8 Å². The Morgan fingerprint density at radius 3 is 2.67 bits per heavy atom. The number of ether oxygens (including phenoxy) is 1. The Labute approximate surface area is 181 Å². The first-order valence-electron chi connectivity index (χ1n) is 9.27. The van der Waals surface area contributed by atoms with E-state index in [1.807, 2.05) is 65.5 Å². The lowest BCUT2D eigenvalue weighted by atomic mass is 10.2. The molecule has 148 valence electrons. The molecule has 3 heterocycles. The van der Waals surface area contributed by atoms with Crippen LogP contribution in [0.3, 0.4) is 0 Å². The molecule has 0 aliphatic rings. The maximum atomic E-state index is 5.22. The minimum Gasteiger partial charge on any atom is -0.497 e. The largest absolute Gasteiger partial charge is 0.497 e. The Morgan fingerprint density at radius 1 is 1.03 bits per heavy atom. The highest BCUT2D eigenvalue weighted by atomic mass is 32.2. The Morgan fingerprint density at radius 2 is 1.87 bits per heavy atom. The second kappa shape index (κ2) is 8.25. The molecular formula is C22H17N5OS2. The number of thioether (sulfide) groups is 1. The zero-order valence-electron chi connectivity index (χ0n) is 16.1. The van der Waals surface area contributed by atoms with Crippen molar-refractivity contribution in [3.8, 4) is 22.0 Å². The third kappa shape index (κ3) is 3.67. The second-order valence-electron chi connectivity index (χ2n) is 6.47. The monoisotopic (exact) mass is 431 g/mol. The molecular weight excluding hydrogens is 414 g/mol. The molecule has 0 unspecified atom stereocenters. The second-order valence-corrected chi connectivity index (χ2v) is 8.29. The number of methoxy groups -OCH3 is 1. The molecule has 3 aromatic heterocycles. The quantitative estimate of drug-likeness (QED) is 0.271. The van der Waals surface area contributed by atoms with Crippen LogP contribution in [0.25, 0.3) is 27.3 Å². The van der Waals surface area contributed by atoms with E-state index in [9.17, 15) is 0 Å². The standard InChI is InChI=1S/C22H17N5OS2/c1-28-18-9-7-15(8-10-18)21-26-16(12-29-21)13-30-22-19-11-25-27(20(19)23-14-24-22)17-5-3-2-4-6-17/h2-12,14H,13H2,1H3. The summed E-state index contributed by atoms with van der Waals surface area (Å²) in [5.74, 6) is 1.57. The number of benzene rings is 2. The number of hydrogen-bond acceptors (Lipinski definition) is 7. The first-order chi connectivity index (χ1) is 14.8. The third-order valence-corrected chi connectivity index (χ3v) is 6.55. The van der Waals surface area contributed by atoms with Crippen LogP contribution in [0.2, 0.25) is 0 Å². The highest BCUT2D eigenvalue weighted by Crippen LogP contribution is 2.31. The third-order valence-electron chi connectivity index (χ3n) is 4.58. The first kappa shape index (κ1) is 18.8. The molecule has 0 aliphatic carbocycles. The molecule has 6 nitrogen and oxygen atoms in total. The molecule has 0 atom stereocenters. The van der Waals surface area contributed by atoms with Crippen molar-refractivity contribution in [2.75, 3.05) is 7.11 Å². The topological polar surface area (TPSA) is 65.7 Å². The van der Waals surface area contributed by atoms with Crippen molar-refractivity contribution >= 4 is 34.1 Å². The zero-order valence-corrected chi connectivity index (χ0v) is 17.7. The van der Waals surface area contributed by atoms with Gasteiger partial charge in [-0.25, -0.2) is 19.6 Å². The van der Waals surface area contributed by atoms with Crippen molar-refractivity contribution in [1.29, 1.82) is 0 Å². The van der Waals surface area contributed by atoms with E-state index < -0.39 is 0 Å². The van der Waals surface area contributed by atoms with Gasteiger partial charge in [0.25, 0.3) is 0 Å². The fourth-order valence-electron chi connectivity index (χ4n) is 3.08. The summed E-state index contributed by atoms with van der Waals surface area (Å²) in [5.41, 5.74) is 3.89. The number of para-hydroxylation sites is 1. The molecule has 2 aromatic carbocycles. The van der Waals surface area contributed by atoms with Gasteiger partial charge >= 0.3 is 0 Å². The summed E-state index contributed by atoms with van der Waals surface area (Å²) in [7, 11) is 1.67. The van der Waals surface area contributed by atoms with Crippen LogP contribution in [0.15, 0.2) is 77.5 Å². The Bertz CT molecular complexity index is 1280. The van der Waals surface area contributed by atoms with Gasteiger partial charge < -0.3 is 4.74 Å². The smallest absolute Gasteiger partial charge is 0.167 e. The fraction of sp³-hybridized carbons (Fsp3) is 0.0909. The molecule has 5 aromatic rings. The van der Waals surface area contributed by atoms with E-state index in [0.29, 0.717) is 0 Å². The maximum absolute atomic E-state index is 5.22. The summed E-state index contributed by atoms with van der Waals surface area (Å²) in [6.45, 7) is 0. The van der Waals surface area contributed by atoms with E-state index in [1.165, 1.54) is 0 Å². The van der Waals surface area contributed by atoms with Crippen LogP contribution in [0.1, 0.15) is 5.69 Å². The van der Waals surface area contributed by atoms with Gasteiger partial charge in [-0.05, 0) is 36.4 Å². The normalized spacial score (nSPS) is 11.1. The highest BCUT2D eigenvalue weighted by Gasteiger charge is 2.13. The van der Waals surface area contributed by atoms with Crippen LogP contribution < -0.4 is 4.74 Å². The van der Waals surface area contributed by atoms with Gasteiger partial charge in [-0.1, -0.05) is 30.0 Å². The summed E-state index contributed by atoms with van der Waals surface area (Å²) >= 11 is 3.29. The van der Waals surface area contributed by atoms with E-state index in [2.05, 4.69) is 20.4 Å². The molecule has 0 aliphatic heterocycles. The van der Waals surface area contributed by atoms with E-state index in [-0.39, 0.29) is 0 Å². The van der Waals surface area contributed by atoms with Crippen LogP contribution in [0, 0.1) is 0 Å². The molecule has 0 N–H and O–H groups in total. The predicted octanol–water partition coefficient (Wildman–Crippen LogP) is 5.24. The number of rotatable bonds is 6. The van der Waals surface area contributed by atoms with Crippen LogP contribution in [0.4, 0.5) is 0 Å². The lowest BCUT2D eigenvalue weighted by molar-refractivity contribution is 0.415. The Balaban J connectivity index is 1.36. The van der Waals surface area contributed by atoms with Crippen molar-refractivity contribution in [3.63, 3.8) is 0 Å². The van der Waals surface area contributed by atoms with Crippen molar-refractivity contribution in [2.24, 2.45) is 0 Å². The fourth-order valence-corrected chi connectivity index (χ4v) is 4.86. The average Bonchev–Trinajstić information content (AvgIpc) is 3.46. The molecule has 8 heteroatoms. The Hall–Kier alpha value is -3.23. The van der Waals surface area contributed by atoms with E-state index >= 15 is 0 Å². The van der Waals surface area contributed by atoms with Gasteiger partial charge in [-0.3, -0.25) is 0 Å². The van der Waals surface area contributed by atoms with Crippen LogP contribution in [0.5, 0.6) is 5.75 Å². The maximum Gasteiger partial charge on any atom is 0.167 e. The van der Waals surface area contributed by atoms with E-state index in [1.54, 1.807) is 36.5 Å².